The molecule has 17 heavy (non-hydrogen) atoms. The Bertz CT molecular complexity index is 395. The van der Waals surface area contributed by atoms with Crippen LogP contribution in [0.15, 0.2) is 16.6 Å². The molecule has 0 amide bonds. The molecule has 0 saturated heterocycles. The molecular weight excluding hydrogens is 282 g/mol. The third kappa shape index (κ3) is 2.93. The van der Waals surface area contributed by atoms with E-state index in [1.54, 1.807) is 0 Å². The van der Waals surface area contributed by atoms with E-state index >= 15 is 0 Å². The predicted octanol–water partition coefficient (Wildman–Crippen LogP) is 3.41. The monoisotopic (exact) mass is 299 g/mol. The van der Waals surface area contributed by atoms with Gasteiger partial charge in [-0.15, -0.1) is 0 Å². The third-order valence-corrected chi connectivity index (χ3v) is 3.62. The number of rotatable bonds is 4. The fourth-order valence-electron chi connectivity index (χ4n) is 1.94. The second kappa shape index (κ2) is 5.74. The van der Waals surface area contributed by atoms with Crippen LogP contribution in [0.2, 0.25) is 0 Å². The van der Waals surface area contributed by atoms with Gasteiger partial charge in [0.2, 0.25) is 0 Å². The Morgan fingerprint density at radius 3 is 2.59 bits per heavy atom. The molecule has 1 unspecified atom stereocenters. The molecule has 1 aromatic carbocycles. The number of ether oxygens (including phenoxy) is 2. The van der Waals surface area contributed by atoms with E-state index in [4.69, 9.17) is 15.2 Å². The maximum Gasteiger partial charge on any atom is 0.162 e. The molecule has 0 radical (unpaired) electrons. The molecule has 1 aromatic rings. The van der Waals surface area contributed by atoms with Gasteiger partial charge >= 0.3 is 0 Å². The van der Waals surface area contributed by atoms with Crippen molar-refractivity contribution in [3.8, 4) is 11.5 Å². The molecule has 1 aliphatic heterocycles. The zero-order valence-corrected chi connectivity index (χ0v) is 11.6. The van der Waals surface area contributed by atoms with Gasteiger partial charge in [0.05, 0.1) is 0 Å². The number of halogens is 1. The summed E-state index contributed by atoms with van der Waals surface area (Å²) in [6.07, 6.45) is 3.30. The minimum Gasteiger partial charge on any atom is -0.486 e. The van der Waals surface area contributed by atoms with Crippen LogP contribution in [0.25, 0.3) is 0 Å². The third-order valence-electron chi connectivity index (χ3n) is 2.93. The predicted molar refractivity (Wildman–Crippen MR) is 71.6 cm³/mol. The first-order valence-corrected chi connectivity index (χ1v) is 6.86. The normalized spacial score (nSPS) is 15.7. The van der Waals surface area contributed by atoms with Gasteiger partial charge < -0.3 is 15.2 Å². The molecule has 0 saturated carbocycles. The summed E-state index contributed by atoms with van der Waals surface area (Å²) in [4.78, 5) is 0. The summed E-state index contributed by atoms with van der Waals surface area (Å²) in [7, 11) is 0. The van der Waals surface area contributed by atoms with Crippen molar-refractivity contribution in [2.75, 3.05) is 13.2 Å². The van der Waals surface area contributed by atoms with Crippen molar-refractivity contribution in [3.63, 3.8) is 0 Å². The van der Waals surface area contributed by atoms with Crippen molar-refractivity contribution >= 4 is 15.9 Å². The van der Waals surface area contributed by atoms with Crippen molar-refractivity contribution in [2.45, 2.75) is 32.2 Å². The molecule has 1 atom stereocenters. The smallest absolute Gasteiger partial charge is 0.162 e. The number of hydrogen-bond donors (Lipinski definition) is 1. The van der Waals surface area contributed by atoms with Crippen LogP contribution in [0.1, 0.15) is 37.8 Å². The number of fused-ring (bicyclic) bond motifs is 1. The van der Waals surface area contributed by atoms with E-state index in [1.807, 2.05) is 12.1 Å². The van der Waals surface area contributed by atoms with Gasteiger partial charge in [0.25, 0.3) is 0 Å². The highest BCUT2D eigenvalue weighted by atomic mass is 79.9. The first-order chi connectivity index (χ1) is 8.22. The Hall–Kier alpha value is -0.740. The van der Waals surface area contributed by atoms with Crippen LogP contribution >= 0.6 is 15.9 Å². The molecule has 0 fully saturated rings. The van der Waals surface area contributed by atoms with Gasteiger partial charge in [-0.1, -0.05) is 35.7 Å². The highest BCUT2D eigenvalue weighted by Crippen LogP contribution is 2.38. The van der Waals surface area contributed by atoms with E-state index in [2.05, 4.69) is 22.9 Å². The zero-order valence-electron chi connectivity index (χ0n) is 10.0. The maximum atomic E-state index is 6.19. The van der Waals surface area contributed by atoms with Crippen LogP contribution in [0.3, 0.4) is 0 Å². The van der Waals surface area contributed by atoms with Gasteiger partial charge in [0, 0.05) is 10.5 Å². The summed E-state index contributed by atoms with van der Waals surface area (Å²) in [6.45, 7) is 3.39. The number of hydrogen-bond acceptors (Lipinski definition) is 3. The Morgan fingerprint density at radius 1 is 1.29 bits per heavy atom. The second-order valence-corrected chi connectivity index (χ2v) is 5.12. The fourth-order valence-corrected chi connectivity index (χ4v) is 2.56. The average molecular weight is 300 g/mol. The van der Waals surface area contributed by atoms with Gasteiger partial charge in [-0.3, -0.25) is 0 Å². The van der Waals surface area contributed by atoms with Gasteiger partial charge in [-0.05, 0) is 24.1 Å². The summed E-state index contributed by atoms with van der Waals surface area (Å²) in [6, 6.07) is 4.01. The van der Waals surface area contributed by atoms with Gasteiger partial charge in [0.15, 0.2) is 11.5 Å². The van der Waals surface area contributed by atoms with E-state index in [9.17, 15) is 0 Å². The molecule has 0 spiro atoms. The zero-order chi connectivity index (χ0) is 12.3. The molecule has 0 aromatic heterocycles. The van der Waals surface area contributed by atoms with E-state index in [-0.39, 0.29) is 6.04 Å². The molecule has 2 rings (SSSR count). The molecule has 2 N–H and O–H groups in total. The lowest BCUT2D eigenvalue weighted by Crippen LogP contribution is -2.17. The fraction of sp³-hybridized carbons (Fsp3) is 0.538. The Labute approximate surface area is 110 Å². The Balaban J connectivity index is 2.22. The summed E-state index contributed by atoms with van der Waals surface area (Å²) in [5.74, 6) is 1.61. The molecule has 0 aliphatic carbocycles. The minimum absolute atomic E-state index is 0.0557. The second-order valence-electron chi connectivity index (χ2n) is 4.27. The minimum atomic E-state index is 0.0557. The molecule has 1 heterocycles. The lowest BCUT2D eigenvalue weighted by molar-refractivity contribution is 0.171. The summed E-state index contributed by atoms with van der Waals surface area (Å²) < 4.78 is 12.1. The number of benzene rings is 1. The van der Waals surface area contributed by atoms with E-state index in [0.29, 0.717) is 13.2 Å². The van der Waals surface area contributed by atoms with Gasteiger partial charge in [-0.25, -0.2) is 0 Å². The summed E-state index contributed by atoms with van der Waals surface area (Å²) >= 11 is 3.55. The molecule has 1 aliphatic rings. The van der Waals surface area contributed by atoms with Crippen LogP contribution in [0.5, 0.6) is 11.5 Å². The van der Waals surface area contributed by atoms with Crippen molar-refractivity contribution in [2.24, 2.45) is 5.73 Å². The van der Waals surface area contributed by atoms with E-state index in [1.165, 1.54) is 0 Å². The highest BCUT2D eigenvalue weighted by Gasteiger charge is 2.17. The SMILES string of the molecule is CCCCC(N)c1cc2c(cc1Br)OCCO2. The first-order valence-electron chi connectivity index (χ1n) is 6.07. The van der Waals surface area contributed by atoms with Crippen LogP contribution in [-0.4, -0.2) is 13.2 Å². The van der Waals surface area contributed by atoms with Crippen molar-refractivity contribution in [1.82, 2.24) is 0 Å². The number of nitrogens with two attached hydrogens (primary N) is 1. The Morgan fingerprint density at radius 2 is 1.94 bits per heavy atom. The molecule has 94 valence electrons. The maximum absolute atomic E-state index is 6.19. The lowest BCUT2D eigenvalue weighted by Gasteiger charge is -2.21. The molecule has 0 bridgehead atoms. The number of unbranched alkanes of at least 4 members (excludes halogenated alkanes) is 1. The molecule has 4 heteroatoms. The topological polar surface area (TPSA) is 44.5 Å². The van der Waals surface area contributed by atoms with Gasteiger partial charge in [-0.2, -0.15) is 0 Å². The van der Waals surface area contributed by atoms with Gasteiger partial charge in [0.1, 0.15) is 13.2 Å². The lowest BCUT2D eigenvalue weighted by atomic mass is 10.0. The summed E-state index contributed by atoms with van der Waals surface area (Å²) in [5, 5.41) is 0. The quantitative estimate of drug-likeness (QED) is 0.926. The van der Waals surface area contributed by atoms with Crippen LogP contribution in [0, 0.1) is 0 Å². The van der Waals surface area contributed by atoms with E-state index < -0.39 is 0 Å². The Kier molecular flexibility index (Phi) is 4.29. The van der Waals surface area contributed by atoms with Crippen LogP contribution in [-0.2, 0) is 0 Å². The molecular formula is C13H18BrNO2. The first kappa shape index (κ1) is 12.7. The average Bonchev–Trinajstić information content (AvgIpc) is 2.35. The van der Waals surface area contributed by atoms with E-state index in [0.717, 1.165) is 40.8 Å². The van der Waals surface area contributed by atoms with Crippen molar-refractivity contribution in [1.29, 1.82) is 0 Å². The standard InChI is InChI=1S/C13H18BrNO2/c1-2-3-4-11(15)9-7-12-13(8-10(9)14)17-6-5-16-12/h7-8,11H,2-6,15H2,1H3. The molecule has 3 nitrogen and oxygen atoms in total. The van der Waals surface area contributed by atoms with Crippen LogP contribution < -0.4 is 15.2 Å². The summed E-state index contributed by atoms with van der Waals surface area (Å²) in [5.41, 5.74) is 7.29. The van der Waals surface area contributed by atoms with Crippen LogP contribution in [0.4, 0.5) is 0 Å². The largest absolute Gasteiger partial charge is 0.486 e. The van der Waals surface area contributed by atoms with Crippen molar-refractivity contribution < 1.29 is 9.47 Å². The van der Waals surface area contributed by atoms with Crippen molar-refractivity contribution in [3.05, 3.63) is 22.2 Å². The highest BCUT2D eigenvalue weighted by molar-refractivity contribution is 9.10.